The predicted octanol–water partition coefficient (Wildman–Crippen LogP) is 2.30. The van der Waals surface area contributed by atoms with Gasteiger partial charge in [-0.05, 0) is 56.7 Å². The van der Waals surface area contributed by atoms with Crippen molar-refractivity contribution in [3.63, 3.8) is 0 Å². The van der Waals surface area contributed by atoms with Crippen LogP contribution in [0.25, 0.3) is 0 Å². The number of hydrogen-bond acceptors (Lipinski definition) is 5. The van der Waals surface area contributed by atoms with Gasteiger partial charge < -0.3 is 20.5 Å². The maximum absolute atomic E-state index is 12.8. The van der Waals surface area contributed by atoms with E-state index >= 15 is 0 Å². The minimum absolute atomic E-state index is 0.0441. The van der Waals surface area contributed by atoms with Crippen LogP contribution >= 0.6 is 0 Å². The fourth-order valence-corrected chi connectivity index (χ4v) is 3.64. The summed E-state index contributed by atoms with van der Waals surface area (Å²) in [5.41, 5.74) is 7.72. The van der Waals surface area contributed by atoms with Crippen molar-refractivity contribution in [3.05, 3.63) is 41.5 Å². The van der Waals surface area contributed by atoms with Crippen LogP contribution in [0.4, 0.5) is 0 Å². The fourth-order valence-electron chi connectivity index (χ4n) is 3.64. The van der Waals surface area contributed by atoms with Crippen molar-refractivity contribution >= 4 is 11.7 Å². The third-order valence-corrected chi connectivity index (χ3v) is 5.46. The van der Waals surface area contributed by atoms with Gasteiger partial charge in [-0.1, -0.05) is 23.8 Å². The molecule has 0 saturated carbocycles. The van der Waals surface area contributed by atoms with Gasteiger partial charge in [0.25, 0.3) is 0 Å². The first kappa shape index (κ1) is 20.6. The average molecular weight is 386 g/mol. The van der Waals surface area contributed by atoms with E-state index in [4.69, 9.17) is 15.2 Å². The van der Waals surface area contributed by atoms with Crippen molar-refractivity contribution in [1.29, 1.82) is 0 Å². The number of Topliss-reactive ketones (excluding diaryl/α,β-unsaturated/α-hetero) is 1. The number of benzene rings is 1. The third-order valence-electron chi connectivity index (χ3n) is 5.46. The van der Waals surface area contributed by atoms with E-state index in [1.807, 2.05) is 24.3 Å². The molecular formula is C22H30N2O4. The summed E-state index contributed by atoms with van der Waals surface area (Å²) >= 11 is 0. The lowest BCUT2D eigenvalue weighted by atomic mass is 9.94. The number of epoxide rings is 1. The Morgan fingerprint density at radius 1 is 1.29 bits per heavy atom. The highest BCUT2D eigenvalue weighted by Crippen LogP contribution is 2.31. The van der Waals surface area contributed by atoms with Gasteiger partial charge in [-0.25, -0.2) is 0 Å². The average Bonchev–Trinajstić information content (AvgIpc) is 3.21. The van der Waals surface area contributed by atoms with Crippen LogP contribution in [0.1, 0.15) is 44.6 Å². The molecule has 3 atom stereocenters. The fraction of sp³-hybridized carbons (Fsp3) is 0.545. The zero-order valence-electron chi connectivity index (χ0n) is 16.7. The second kappa shape index (κ2) is 8.88. The number of carbonyl (C=O) groups is 2. The molecule has 2 aliphatic rings. The monoisotopic (exact) mass is 386 g/mol. The smallest absolute Gasteiger partial charge is 0.222 e. The van der Waals surface area contributed by atoms with Crippen LogP contribution in [0.2, 0.25) is 0 Å². The lowest BCUT2D eigenvalue weighted by Crippen LogP contribution is -2.47. The van der Waals surface area contributed by atoms with Crippen LogP contribution in [0.5, 0.6) is 5.75 Å². The van der Waals surface area contributed by atoms with Gasteiger partial charge in [-0.15, -0.1) is 0 Å². The van der Waals surface area contributed by atoms with Crippen LogP contribution in [0, 0.1) is 0 Å². The standard InChI is InChI=1S/C22H30N2O4/c1-22(14-28-22)21(26)19(12-15-5-3-4-6-15)24-20(25)13-17(23)11-16-7-9-18(27-2)10-8-16/h5,7-10,17,19H,3-4,6,11-14,23H2,1-2H3,(H,24,25). The molecule has 0 radical (unpaired) electrons. The van der Waals surface area contributed by atoms with E-state index in [-0.39, 0.29) is 24.2 Å². The molecular weight excluding hydrogens is 356 g/mol. The van der Waals surface area contributed by atoms with Gasteiger partial charge >= 0.3 is 0 Å². The summed E-state index contributed by atoms with van der Waals surface area (Å²) in [5, 5.41) is 2.92. The Kier molecular flexibility index (Phi) is 6.52. The SMILES string of the molecule is COc1ccc(CC(N)CC(=O)NC(CC2=CCCC2)C(=O)C2(C)CO2)cc1. The first-order valence-electron chi connectivity index (χ1n) is 9.93. The molecule has 1 amide bonds. The Labute approximate surface area is 166 Å². The lowest BCUT2D eigenvalue weighted by molar-refractivity contribution is -0.130. The summed E-state index contributed by atoms with van der Waals surface area (Å²) in [4.78, 5) is 25.3. The second-order valence-electron chi connectivity index (χ2n) is 7.98. The summed E-state index contributed by atoms with van der Waals surface area (Å²) in [6, 6.07) is 6.78. The molecule has 6 nitrogen and oxygen atoms in total. The topological polar surface area (TPSA) is 93.9 Å². The number of ketones is 1. The lowest BCUT2D eigenvalue weighted by Gasteiger charge is -2.21. The molecule has 1 aliphatic carbocycles. The van der Waals surface area contributed by atoms with E-state index in [1.54, 1.807) is 14.0 Å². The number of allylic oxidation sites excluding steroid dienone is 1. The maximum Gasteiger partial charge on any atom is 0.222 e. The quantitative estimate of drug-likeness (QED) is 0.475. The summed E-state index contributed by atoms with van der Waals surface area (Å²) in [6.07, 6.45) is 6.66. The van der Waals surface area contributed by atoms with Crippen LogP contribution < -0.4 is 15.8 Å². The Bertz CT molecular complexity index is 737. The summed E-state index contributed by atoms with van der Waals surface area (Å²) < 4.78 is 10.5. The minimum atomic E-state index is -0.748. The molecule has 152 valence electrons. The van der Waals surface area contributed by atoms with E-state index in [0.29, 0.717) is 19.4 Å². The molecule has 1 saturated heterocycles. The second-order valence-corrected chi connectivity index (χ2v) is 7.98. The number of carbonyl (C=O) groups excluding carboxylic acids is 2. The molecule has 1 fully saturated rings. The first-order valence-corrected chi connectivity index (χ1v) is 9.93. The van der Waals surface area contributed by atoms with E-state index in [2.05, 4.69) is 11.4 Å². The van der Waals surface area contributed by atoms with E-state index in [9.17, 15) is 9.59 Å². The van der Waals surface area contributed by atoms with Crippen LogP contribution in [0.15, 0.2) is 35.9 Å². The molecule has 1 aromatic rings. The van der Waals surface area contributed by atoms with Gasteiger partial charge in [0.05, 0.1) is 19.8 Å². The van der Waals surface area contributed by atoms with Crippen molar-refractivity contribution in [2.24, 2.45) is 5.73 Å². The number of nitrogens with two attached hydrogens (primary N) is 1. The Morgan fingerprint density at radius 2 is 2.00 bits per heavy atom. The molecule has 6 heteroatoms. The number of nitrogens with one attached hydrogen (secondary N) is 1. The van der Waals surface area contributed by atoms with Gasteiger partial charge in [0.2, 0.25) is 5.91 Å². The first-order chi connectivity index (χ1) is 13.4. The Hall–Kier alpha value is -2.18. The highest BCUT2D eigenvalue weighted by molar-refractivity contribution is 5.96. The van der Waals surface area contributed by atoms with Gasteiger partial charge in [-0.3, -0.25) is 9.59 Å². The van der Waals surface area contributed by atoms with Gasteiger partial charge in [0.15, 0.2) is 5.78 Å². The molecule has 1 heterocycles. The van der Waals surface area contributed by atoms with Crippen molar-refractivity contribution in [1.82, 2.24) is 5.32 Å². The number of amides is 1. The van der Waals surface area contributed by atoms with E-state index in [1.165, 1.54) is 5.57 Å². The van der Waals surface area contributed by atoms with Gasteiger partial charge in [0, 0.05) is 12.5 Å². The Balaban J connectivity index is 1.55. The third kappa shape index (κ3) is 5.42. The molecule has 28 heavy (non-hydrogen) atoms. The molecule has 3 unspecified atom stereocenters. The summed E-state index contributed by atoms with van der Waals surface area (Å²) in [7, 11) is 1.62. The molecule has 0 aromatic heterocycles. The molecule has 0 spiro atoms. The van der Waals surface area contributed by atoms with Crippen LogP contribution in [-0.4, -0.2) is 43.1 Å². The summed E-state index contributed by atoms with van der Waals surface area (Å²) in [6.45, 7) is 2.21. The van der Waals surface area contributed by atoms with Crippen LogP contribution in [-0.2, 0) is 20.7 Å². The molecule has 1 aromatic carbocycles. The highest BCUT2D eigenvalue weighted by Gasteiger charge is 2.50. The Morgan fingerprint density at radius 3 is 2.57 bits per heavy atom. The van der Waals surface area contributed by atoms with E-state index in [0.717, 1.165) is 30.6 Å². The molecule has 1 aliphatic heterocycles. The van der Waals surface area contributed by atoms with Crippen molar-refractivity contribution < 1.29 is 19.1 Å². The molecule has 3 N–H and O–H groups in total. The zero-order chi connectivity index (χ0) is 20.1. The van der Waals surface area contributed by atoms with Crippen molar-refractivity contribution in [3.8, 4) is 5.75 Å². The maximum atomic E-state index is 12.8. The summed E-state index contributed by atoms with van der Waals surface area (Å²) in [5.74, 6) is 0.549. The molecule has 3 rings (SSSR count). The zero-order valence-corrected chi connectivity index (χ0v) is 16.7. The number of hydrogen-bond donors (Lipinski definition) is 2. The van der Waals surface area contributed by atoms with Crippen LogP contribution in [0.3, 0.4) is 0 Å². The van der Waals surface area contributed by atoms with Crippen molar-refractivity contribution in [2.75, 3.05) is 13.7 Å². The number of methoxy groups -OCH3 is 1. The van der Waals surface area contributed by atoms with E-state index < -0.39 is 11.6 Å². The molecule has 0 bridgehead atoms. The number of ether oxygens (including phenoxy) is 2. The normalized spacial score (nSPS) is 22.9. The minimum Gasteiger partial charge on any atom is -0.497 e. The predicted molar refractivity (Wildman–Crippen MR) is 107 cm³/mol. The van der Waals surface area contributed by atoms with Gasteiger partial charge in [-0.2, -0.15) is 0 Å². The highest BCUT2D eigenvalue weighted by atomic mass is 16.6. The van der Waals surface area contributed by atoms with Crippen molar-refractivity contribution in [2.45, 2.75) is 63.1 Å². The largest absolute Gasteiger partial charge is 0.497 e. The number of rotatable bonds is 10. The van der Waals surface area contributed by atoms with Gasteiger partial charge in [0.1, 0.15) is 11.4 Å².